The van der Waals surface area contributed by atoms with Gasteiger partial charge in [-0.1, -0.05) is 6.07 Å². The molecule has 108 valence electrons. The summed E-state index contributed by atoms with van der Waals surface area (Å²) in [6.07, 6.45) is 1.25. The van der Waals surface area contributed by atoms with Crippen LogP contribution in [0.1, 0.15) is 37.8 Å². The predicted molar refractivity (Wildman–Crippen MR) is 84.1 cm³/mol. The van der Waals surface area contributed by atoms with Gasteiger partial charge in [-0.2, -0.15) is 0 Å². The predicted octanol–water partition coefficient (Wildman–Crippen LogP) is 3.21. The molecule has 0 bridgehead atoms. The number of nitrogens with two attached hydrogens (primary N) is 1. The molecule has 3 nitrogen and oxygen atoms in total. The number of anilines is 1. The number of amides is 1. The van der Waals surface area contributed by atoms with Crippen molar-refractivity contribution in [2.24, 2.45) is 5.73 Å². The number of benzene rings is 1. The second-order valence-corrected chi connectivity index (χ2v) is 5.00. The summed E-state index contributed by atoms with van der Waals surface area (Å²) in [4.78, 5) is 14.0. The number of halogens is 1. The Morgan fingerprint density at radius 3 is 2.21 bits per heavy atom. The van der Waals surface area contributed by atoms with Crippen LogP contribution in [0.2, 0.25) is 0 Å². The smallest absolute Gasteiger partial charge is 0.227 e. The molecular formula is C15H25ClN2O. The second kappa shape index (κ2) is 8.18. The molecule has 0 saturated carbocycles. The molecule has 0 radical (unpaired) electrons. The zero-order valence-electron chi connectivity index (χ0n) is 12.3. The highest BCUT2D eigenvalue weighted by Gasteiger charge is 2.14. The first-order valence-corrected chi connectivity index (χ1v) is 6.58. The first kappa shape index (κ1) is 17.9. The maximum absolute atomic E-state index is 12.2. The summed E-state index contributed by atoms with van der Waals surface area (Å²) in [7, 11) is 0. The van der Waals surface area contributed by atoms with Crippen LogP contribution in [0.4, 0.5) is 5.69 Å². The first-order chi connectivity index (χ1) is 8.43. The van der Waals surface area contributed by atoms with E-state index in [0.717, 1.165) is 12.1 Å². The first-order valence-electron chi connectivity index (χ1n) is 6.58. The number of aryl methyl sites for hydroxylation is 2. The van der Waals surface area contributed by atoms with Crippen LogP contribution in [0.25, 0.3) is 0 Å². The molecule has 1 atom stereocenters. The molecule has 0 heterocycles. The Balaban J connectivity index is 0.00000324. The number of rotatable bonds is 5. The topological polar surface area (TPSA) is 46.3 Å². The van der Waals surface area contributed by atoms with Gasteiger partial charge in [0.1, 0.15) is 0 Å². The molecule has 0 aliphatic carbocycles. The van der Waals surface area contributed by atoms with Gasteiger partial charge in [-0.25, -0.2) is 0 Å². The van der Waals surface area contributed by atoms with Crippen molar-refractivity contribution in [2.75, 3.05) is 11.4 Å². The number of nitrogens with zero attached hydrogens (tertiary/aromatic N) is 1. The van der Waals surface area contributed by atoms with Crippen LogP contribution in [-0.2, 0) is 4.79 Å². The standard InChI is InChI=1S/C15H24N2O.ClH/c1-5-17(15(18)7-6-13(4)16)14-9-11(2)8-12(3)10-14;/h8-10,13H,5-7,16H2,1-4H3;1H. The van der Waals surface area contributed by atoms with Crippen molar-refractivity contribution in [3.8, 4) is 0 Å². The molecule has 19 heavy (non-hydrogen) atoms. The van der Waals surface area contributed by atoms with Gasteiger partial charge in [0.15, 0.2) is 0 Å². The third-order valence-corrected chi connectivity index (χ3v) is 2.95. The summed E-state index contributed by atoms with van der Waals surface area (Å²) < 4.78 is 0. The minimum absolute atomic E-state index is 0. The molecule has 0 saturated heterocycles. The number of hydrogen-bond acceptors (Lipinski definition) is 2. The van der Waals surface area contributed by atoms with E-state index in [0.29, 0.717) is 13.0 Å². The van der Waals surface area contributed by atoms with Crippen molar-refractivity contribution in [1.82, 2.24) is 0 Å². The Morgan fingerprint density at radius 2 is 1.79 bits per heavy atom. The van der Waals surface area contributed by atoms with Crippen LogP contribution in [0, 0.1) is 13.8 Å². The van der Waals surface area contributed by atoms with E-state index in [1.54, 1.807) is 0 Å². The van der Waals surface area contributed by atoms with E-state index in [9.17, 15) is 4.79 Å². The summed E-state index contributed by atoms with van der Waals surface area (Å²) >= 11 is 0. The molecule has 0 fully saturated rings. The Bertz CT molecular complexity index is 398. The van der Waals surface area contributed by atoms with Gasteiger partial charge in [0.2, 0.25) is 5.91 Å². The fourth-order valence-electron chi connectivity index (χ4n) is 2.10. The van der Waals surface area contributed by atoms with Crippen molar-refractivity contribution < 1.29 is 4.79 Å². The quantitative estimate of drug-likeness (QED) is 0.902. The van der Waals surface area contributed by atoms with Gasteiger partial charge in [-0.05, 0) is 57.4 Å². The van der Waals surface area contributed by atoms with Crippen LogP contribution in [0.5, 0.6) is 0 Å². The molecule has 0 aliphatic rings. The Morgan fingerprint density at radius 1 is 1.26 bits per heavy atom. The molecule has 1 aromatic rings. The van der Waals surface area contributed by atoms with Gasteiger partial charge >= 0.3 is 0 Å². The summed E-state index contributed by atoms with van der Waals surface area (Å²) in [5, 5.41) is 0. The summed E-state index contributed by atoms with van der Waals surface area (Å²) in [6.45, 7) is 8.73. The van der Waals surface area contributed by atoms with Gasteiger partial charge in [-0.15, -0.1) is 12.4 Å². The third-order valence-electron chi connectivity index (χ3n) is 2.95. The largest absolute Gasteiger partial charge is 0.328 e. The minimum atomic E-state index is 0. The van der Waals surface area contributed by atoms with Crippen LogP contribution in [0.3, 0.4) is 0 Å². The summed E-state index contributed by atoms with van der Waals surface area (Å²) in [5.74, 6) is 0.153. The minimum Gasteiger partial charge on any atom is -0.328 e. The van der Waals surface area contributed by atoms with E-state index in [2.05, 4.69) is 32.0 Å². The van der Waals surface area contributed by atoms with E-state index >= 15 is 0 Å². The zero-order valence-corrected chi connectivity index (χ0v) is 13.1. The SMILES string of the molecule is CCN(C(=O)CCC(C)N)c1cc(C)cc(C)c1.Cl. The van der Waals surface area contributed by atoms with E-state index in [4.69, 9.17) is 5.73 Å². The third kappa shape index (κ3) is 5.62. The molecule has 2 N–H and O–H groups in total. The monoisotopic (exact) mass is 284 g/mol. The Kier molecular flexibility index (Phi) is 7.72. The van der Waals surface area contributed by atoms with Crippen molar-refractivity contribution in [3.63, 3.8) is 0 Å². The molecule has 4 heteroatoms. The van der Waals surface area contributed by atoms with Gasteiger partial charge in [0, 0.05) is 24.7 Å². The highest BCUT2D eigenvalue weighted by atomic mass is 35.5. The second-order valence-electron chi connectivity index (χ2n) is 5.00. The van der Waals surface area contributed by atoms with Gasteiger partial charge in [0.25, 0.3) is 0 Å². The van der Waals surface area contributed by atoms with Crippen molar-refractivity contribution in [2.45, 2.75) is 46.6 Å². The van der Waals surface area contributed by atoms with Gasteiger partial charge in [-0.3, -0.25) is 4.79 Å². The fraction of sp³-hybridized carbons (Fsp3) is 0.533. The molecule has 1 amide bonds. The van der Waals surface area contributed by atoms with Crippen LogP contribution < -0.4 is 10.6 Å². The normalized spacial score (nSPS) is 11.6. The maximum atomic E-state index is 12.2. The average Bonchev–Trinajstić information content (AvgIpc) is 2.26. The van der Waals surface area contributed by atoms with Crippen LogP contribution >= 0.6 is 12.4 Å². The lowest BCUT2D eigenvalue weighted by Gasteiger charge is -2.22. The highest BCUT2D eigenvalue weighted by molar-refractivity contribution is 5.93. The van der Waals surface area contributed by atoms with Gasteiger partial charge < -0.3 is 10.6 Å². The highest BCUT2D eigenvalue weighted by Crippen LogP contribution is 2.19. The van der Waals surface area contributed by atoms with Crippen molar-refractivity contribution in [1.29, 1.82) is 0 Å². The molecule has 1 aromatic carbocycles. The Labute approximate surface area is 122 Å². The number of carbonyl (C=O) groups is 1. The number of carbonyl (C=O) groups excluding carboxylic acids is 1. The van der Waals surface area contributed by atoms with E-state index in [-0.39, 0.29) is 24.4 Å². The maximum Gasteiger partial charge on any atom is 0.227 e. The lowest BCUT2D eigenvalue weighted by Crippen LogP contribution is -2.31. The lowest BCUT2D eigenvalue weighted by atomic mass is 10.1. The van der Waals surface area contributed by atoms with Crippen molar-refractivity contribution in [3.05, 3.63) is 29.3 Å². The van der Waals surface area contributed by atoms with Crippen LogP contribution in [-0.4, -0.2) is 18.5 Å². The molecule has 0 aromatic heterocycles. The van der Waals surface area contributed by atoms with E-state index in [1.807, 2.05) is 18.7 Å². The Hall–Kier alpha value is -1.06. The molecule has 1 rings (SSSR count). The summed E-state index contributed by atoms with van der Waals surface area (Å²) in [6, 6.07) is 6.30. The number of hydrogen-bond donors (Lipinski definition) is 1. The summed E-state index contributed by atoms with van der Waals surface area (Å²) in [5.41, 5.74) is 9.06. The zero-order chi connectivity index (χ0) is 13.7. The van der Waals surface area contributed by atoms with E-state index in [1.165, 1.54) is 11.1 Å². The molecular weight excluding hydrogens is 260 g/mol. The molecule has 1 unspecified atom stereocenters. The molecule has 0 spiro atoms. The average molecular weight is 285 g/mol. The molecule has 0 aliphatic heterocycles. The van der Waals surface area contributed by atoms with E-state index < -0.39 is 0 Å². The van der Waals surface area contributed by atoms with Crippen molar-refractivity contribution >= 4 is 24.0 Å². The lowest BCUT2D eigenvalue weighted by molar-refractivity contribution is -0.118. The van der Waals surface area contributed by atoms with Gasteiger partial charge in [0.05, 0.1) is 0 Å². The van der Waals surface area contributed by atoms with Crippen LogP contribution in [0.15, 0.2) is 18.2 Å². The fourth-order valence-corrected chi connectivity index (χ4v) is 2.10.